The van der Waals surface area contributed by atoms with Crippen LogP contribution in [0.4, 0.5) is 0 Å². The van der Waals surface area contributed by atoms with Gasteiger partial charge >= 0.3 is 0 Å². The normalized spacial score (nSPS) is 16.1. The second-order valence-corrected chi connectivity index (χ2v) is 7.53. The van der Waals surface area contributed by atoms with Crippen molar-refractivity contribution in [3.8, 4) is 11.5 Å². The number of ether oxygens (including phenoxy) is 1. The molecular formula is C25H30N2O4. The summed E-state index contributed by atoms with van der Waals surface area (Å²) in [6.07, 6.45) is 7.18. The topological polar surface area (TPSA) is 73.2 Å². The highest BCUT2D eigenvalue weighted by Crippen LogP contribution is 2.26. The minimum Gasteiger partial charge on any atom is -0.504 e. The van der Waals surface area contributed by atoms with E-state index in [9.17, 15) is 15.0 Å². The molecule has 2 aromatic rings. The fraction of sp³-hybridized carbons (Fsp3) is 0.320. The van der Waals surface area contributed by atoms with Crippen molar-refractivity contribution in [2.45, 2.75) is 12.5 Å². The van der Waals surface area contributed by atoms with Gasteiger partial charge in [-0.05, 0) is 29.7 Å². The van der Waals surface area contributed by atoms with Crippen molar-refractivity contribution in [2.75, 3.05) is 39.8 Å². The molecule has 0 bridgehead atoms. The molecule has 1 amide bonds. The SMILES string of the molecule is COc1cc(C=CC=CC(=O)N2CCN(CCC(O)c3ccccc3)CC2)ccc1O. The lowest BCUT2D eigenvalue weighted by atomic mass is 10.1. The summed E-state index contributed by atoms with van der Waals surface area (Å²) in [5, 5.41) is 19.9. The third-order valence-corrected chi connectivity index (χ3v) is 5.43. The quantitative estimate of drug-likeness (QED) is 0.505. The minimum absolute atomic E-state index is 0.00286. The van der Waals surface area contributed by atoms with Crippen LogP contribution in [0.2, 0.25) is 0 Å². The van der Waals surface area contributed by atoms with Crippen LogP contribution >= 0.6 is 0 Å². The Labute approximate surface area is 183 Å². The van der Waals surface area contributed by atoms with Crippen molar-refractivity contribution in [2.24, 2.45) is 0 Å². The maximum Gasteiger partial charge on any atom is 0.246 e. The number of piperazine rings is 1. The number of hydrogen-bond donors (Lipinski definition) is 2. The van der Waals surface area contributed by atoms with Gasteiger partial charge in [0.2, 0.25) is 5.91 Å². The summed E-state index contributed by atoms with van der Waals surface area (Å²) in [5.41, 5.74) is 1.82. The van der Waals surface area contributed by atoms with Crippen LogP contribution in [0.3, 0.4) is 0 Å². The smallest absolute Gasteiger partial charge is 0.246 e. The van der Waals surface area contributed by atoms with E-state index < -0.39 is 6.10 Å². The highest BCUT2D eigenvalue weighted by atomic mass is 16.5. The lowest BCUT2D eigenvalue weighted by molar-refractivity contribution is -0.127. The van der Waals surface area contributed by atoms with E-state index in [2.05, 4.69) is 4.90 Å². The molecule has 1 atom stereocenters. The molecule has 2 N–H and O–H groups in total. The number of carbonyl (C=O) groups is 1. The fourth-order valence-electron chi connectivity index (χ4n) is 3.55. The highest BCUT2D eigenvalue weighted by molar-refractivity contribution is 5.88. The van der Waals surface area contributed by atoms with E-state index in [1.807, 2.05) is 41.3 Å². The molecule has 6 heteroatoms. The van der Waals surface area contributed by atoms with E-state index in [0.29, 0.717) is 25.3 Å². The van der Waals surface area contributed by atoms with Crippen molar-refractivity contribution in [3.05, 3.63) is 77.9 Å². The van der Waals surface area contributed by atoms with Crippen molar-refractivity contribution < 1.29 is 19.7 Å². The Balaban J connectivity index is 1.40. The second-order valence-electron chi connectivity index (χ2n) is 7.53. The zero-order valence-corrected chi connectivity index (χ0v) is 17.9. The van der Waals surface area contributed by atoms with Crippen molar-refractivity contribution >= 4 is 12.0 Å². The molecule has 0 spiro atoms. The predicted molar refractivity (Wildman–Crippen MR) is 122 cm³/mol. The molecule has 164 valence electrons. The first-order valence-corrected chi connectivity index (χ1v) is 10.5. The standard InChI is InChI=1S/C25H30N2O4/c1-31-24-19-20(11-12-23(24)29)7-5-6-10-25(30)27-17-15-26(16-18-27)14-13-22(28)21-8-3-2-4-9-21/h2-12,19,22,28-29H,13-18H2,1H3. The largest absolute Gasteiger partial charge is 0.504 e. The molecule has 1 unspecified atom stereocenters. The molecule has 1 aliphatic heterocycles. The Kier molecular flexibility index (Phi) is 8.27. The average Bonchev–Trinajstić information content (AvgIpc) is 2.82. The van der Waals surface area contributed by atoms with Gasteiger partial charge in [0.25, 0.3) is 0 Å². The lowest BCUT2D eigenvalue weighted by Crippen LogP contribution is -2.48. The van der Waals surface area contributed by atoms with Gasteiger partial charge in [0.15, 0.2) is 11.5 Å². The molecule has 1 saturated heterocycles. The Morgan fingerprint density at radius 3 is 2.55 bits per heavy atom. The summed E-state index contributed by atoms with van der Waals surface area (Å²) in [6, 6.07) is 14.8. The number of amides is 1. The third kappa shape index (κ3) is 6.70. The molecular weight excluding hydrogens is 392 g/mol. The van der Waals surface area contributed by atoms with E-state index in [0.717, 1.165) is 30.8 Å². The second kappa shape index (κ2) is 11.3. The van der Waals surface area contributed by atoms with Crippen molar-refractivity contribution in [3.63, 3.8) is 0 Å². The van der Waals surface area contributed by atoms with E-state index in [1.165, 1.54) is 7.11 Å². The maximum atomic E-state index is 12.4. The average molecular weight is 423 g/mol. The maximum absolute atomic E-state index is 12.4. The van der Waals surface area contributed by atoms with Crippen LogP contribution in [0, 0.1) is 0 Å². The summed E-state index contributed by atoms with van der Waals surface area (Å²) >= 11 is 0. The van der Waals surface area contributed by atoms with E-state index in [1.54, 1.807) is 36.4 Å². The van der Waals surface area contributed by atoms with Gasteiger partial charge in [-0.2, -0.15) is 0 Å². The number of benzene rings is 2. The third-order valence-electron chi connectivity index (χ3n) is 5.43. The van der Waals surface area contributed by atoms with Crippen LogP contribution in [0.5, 0.6) is 11.5 Å². The number of phenols is 1. The number of carbonyl (C=O) groups excluding carboxylic acids is 1. The Hall–Kier alpha value is -3.09. The van der Waals surface area contributed by atoms with Gasteiger partial charge in [-0.15, -0.1) is 0 Å². The summed E-state index contributed by atoms with van der Waals surface area (Å²) in [7, 11) is 1.51. The van der Waals surface area contributed by atoms with Crippen LogP contribution in [0.25, 0.3) is 6.08 Å². The number of aromatic hydroxyl groups is 1. The molecule has 0 aromatic heterocycles. The molecule has 0 aliphatic carbocycles. The fourth-order valence-corrected chi connectivity index (χ4v) is 3.55. The summed E-state index contributed by atoms with van der Waals surface area (Å²) < 4.78 is 5.09. The lowest BCUT2D eigenvalue weighted by Gasteiger charge is -2.34. The number of allylic oxidation sites excluding steroid dienone is 2. The van der Waals surface area contributed by atoms with Gasteiger partial charge in [0.05, 0.1) is 13.2 Å². The molecule has 1 fully saturated rings. The van der Waals surface area contributed by atoms with Crippen molar-refractivity contribution in [1.82, 2.24) is 9.80 Å². The summed E-state index contributed by atoms with van der Waals surface area (Å²) in [4.78, 5) is 16.5. The molecule has 31 heavy (non-hydrogen) atoms. The van der Waals surface area contributed by atoms with Crippen molar-refractivity contribution in [1.29, 1.82) is 0 Å². The Morgan fingerprint density at radius 2 is 1.84 bits per heavy atom. The predicted octanol–water partition coefficient (Wildman–Crippen LogP) is 3.24. The first-order chi connectivity index (χ1) is 15.1. The molecule has 3 rings (SSSR count). The van der Waals surface area contributed by atoms with Crippen LogP contribution in [-0.4, -0.2) is 65.8 Å². The molecule has 2 aromatic carbocycles. The van der Waals surface area contributed by atoms with Gasteiger partial charge in [-0.25, -0.2) is 0 Å². The Morgan fingerprint density at radius 1 is 1.10 bits per heavy atom. The molecule has 1 aliphatic rings. The zero-order chi connectivity index (χ0) is 22.1. The minimum atomic E-state index is -0.455. The highest BCUT2D eigenvalue weighted by Gasteiger charge is 2.20. The number of rotatable bonds is 8. The Bertz CT molecular complexity index is 903. The number of aliphatic hydroxyl groups is 1. The van der Waals surface area contributed by atoms with Gasteiger partial charge in [0.1, 0.15) is 0 Å². The molecule has 1 heterocycles. The van der Waals surface area contributed by atoms with Crippen LogP contribution < -0.4 is 4.74 Å². The number of methoxy groups -OCH3 is 1. The van der Waals surface area contributed by atoms with Crippen LogP contribution in [0.15, 0.2) is 66.8 Å². The summed E-state index contributed by atoms with van der Waals surface area (Å²) in [5.74, 6) is 0.507. The first kappa shape index (κ1) is 22.6. The van der Waals surface area contributed by atoms with Crippen LogP contribution in [0.1, 0.15) is 23.7 Å². The number of nitrogens with zero attached hydrogens (tertiary/aromatic N) is 2. The first-order valence-electron chi connectivity index (χ1n) is 10.5. The molecule has 0 saturated carbocycles. The van der Waals surface area contributed by atoms with Gasteiger partial charge < -0.3 is 19.8 Å². The monoisotopic (exact) mass is 422 g/mol. The van der Waals surface area contributed by atoms with E-state index in [-0.39, 0.29) is 11.7 Å². The van der Waals surface area contributed by atoms with Crippen LogP contribution in [-0.2, 0) is 4.79 Å². The number of aliphatic hydroxyl groups excluding tert-OH is 1. The molecule has 0 radical (unpaired) electrons. The number of hydrogen-bond acceptors (Lipinski definition) is 5. The summed E-state index contributed by atoms with van der Waals surface area (Å²) in [6.45, 7) is 3.80. The van der Waals surface area contributed by atoms with Gasteiger partial charge in [0, 0.05) is 38.8 Å². The van der Waals surface area contributed by atoms with E-state index in [4.69, 9.17) is 4.74 Å². The molecule has 6 nitrogen and oxygen atoms in total. The number of phenolic OH excluding ortho intramolecular Hbond substituents is 1. The van der Waals surface area contributed by atoms with Gasteiger partial charge in [-0.1, -0.05) is 54.6 Å². The van der Waals surface area contributed by atoms with Gasteiger partial charge in [-0.3, -0.25) is 9.69 Å². The van der Waals surface area contributed by atoms with E-state index >= 15 is 0 Å². The zero-order valence-electron chi connectivity index (χ0n) is 17.9.